The third-order valence-electron chi connectivity index (χ3n) is 3.33. The lowest BCUT2D eigenvalue weighted by Crippen LogP contribution is -2.19. The van der Waals surface area contributed by atoms with Gasteiger partial charge in [-0.25, -0.2) is 4.39 Å². The fraction of sp³-hybridized carbons (Fsp3) is 0.250. The topological polar surface area (TPSA) is 12.0 Å². The standard InChI is InChI=1S/C16H17BrFN/c1-11-7-8-13(9-14(11)17)16(19-2)10-12-5-3-4-6-15(12)18/h3-9,16,19H,10H2,1-2H3. The Morgan fingerprint density at radius 3 is 2.58 bits per heavy atom. The van der Waals surface area contributed by atoms with Crippen LogP contribution in [0, 0.1) is 12.7 Å². The number of halogens is 2. The summed E-state index contributed by atoms with van der Waals surface area (Å²) in [6, 6.07) is 13.3. The molecule has 0 heterocycles. The summed E-state index contributed by atoms with van der Waals surface area (Å²) in [6.07, 6.45) is 0.638. The van der Waals surface area contributed by atoms with Gasteiger partial charge in [0.15, 0.2) is 0 Å². The minimum Gasteiger partial charge on any atom is -0.313 e. The molecule has 0 aliphatic carbocycles. The van der Waals surface area contributed by atoms with E-state index in [9.17, 15) is 4.39 Å². The summed E-state index contributed by atoms with van der Waals surface area (Å²) in [6.45, 7) is 2.05. The van der Waals surface area contributed by atoms with Crippen molar-refractivity contribution < 1.29 is 4.39 Å². The first-order chi connectivity index (χ1) is 9.11. The van der Waals surface area contributed by atoms with Gasteiger partial charge in [-0.2, -0.15) is 0 Å². The van der Waals surface area contributed by atoms with Gasteiger partial charge in [0.1, 0.15) is 5.82 Å². The van der Waals surface area contributed by atoms with Crippen molar-refractivity contribution in [2.45, 2.75) is 19.4 Å². The van der Waals surface area contributed by atoms with E-state index in [0.717, 1.165) is 15.6 Å². The van der Waals surface area contributed by atoms with E-state index in [-0.39, 0.29) is 11.9 Å². The lowest BCUT2D eigenvalue weighted by Gasteiger charge is -2.18. The molecule has 1 nitrogen and oxygen atoms in total. The maximum absolute atomic E-state index is 13.7. The van der Waals surface area contributed by atoms with Crippen molar-refractivity contribution in [1.29, 1.82) is 0 Å². The molecule has 2 aromatic carbocycles. The van der Waals surface area contributed by atoms with E-state index in [1.165, 1.54) is 11.6 Å². The van der Waals surface area contributed by atoms with Gasteiger partial charge in [-0.05, 0) is 49.2 Å². The van der Waals surface area contributed by atoms with Gasteiger partial charge in [-0.1, -0.05) is 46.3 Å². The first-order valence-electron chi connectivity index (χ1n) is 6.28. The highest BCUT2D eigenvalue weighted by Gasteiger charge is 2.13. The number of rotatable bonds is 4. The molecule has 2 aromatic rings. The van der Waals surface area contributed by atoms with Crippen molar-refractivity contribution >= 4 is 15.9 Å². The average molecular weight is 322 g/mol. The monoisotopic (exact) mass is 321 g/mol. The zero-order valence-electron chi connectivity index (χ0n) is 11.1. The Morgan fingerprint density at radius 1 is 1.21 bits per heavy atom. The van der Waals surface area contributed by atoms with Crippen LogP contribution in [0.1, 0.15) is 22.7 Å². The normalized spacial score (nSPS) is 12.4. The third kappa shape index (κ3) is 3.43. The molecule has 0 aromatic heterocycles. The molecule has 0 bridgehead atoms. The molecule has 2 rings (SSSR count). The number of benzene rings is 2. The van der Waals surface area contributed by atoms with E-state index in [4.69, 9.17) is 0 Å². The molecule has 0 spiro atoms. The molecule has 0 aliphatic heterocycles. The highest BCUT2D eigenvalue weighted by Crippen LogP contribution is 2.24. The van der Waals surface area contributed by atoms with E-state index in [0.29, 0.717) is 6.42 Å². The maximum atomic E-state index is 13.7. The van der Waals surface area contributed by atoms with Crippen LogP contribution in [0.25, 0.3) is 0 Å². The number of hydrogen-bond donors (Lipinski definition) is 1. The molecule has 100 valence electrons. The van der Waals surface area contributed by atoms with Crippen LogP contribution in [-0.4, -0.2) is 7.05 Å². The molecule has 3 heteroatoms. The summed E-state index contributed by atoms with van der Waals surface area (Å²) in [5.74, 6) is -0.145. The minimum absolute atomic E-state index is 0.105. The molecule has 1 N–H and O–H groups in total. The van der Waals surface area contributed by atoms with E-state index >= 15 is 0 Å². The van der Waals surface area contributed by atoms with E-state index in [2.05, 4.69) is 46.4 Å². The van der Waals surface area contributed by atoms with Gasteiger partial charge in [0.25, 0.3) is 0 Å². The fourth-order valence-corrected chi connectivity index (χ4v) is 2.49. The Bertz CT molecular complexity index is 568. The van der Waals surface area contributed by atoms with E-state index in [1.807, 2.05) is 19.2 Å². The van der Waals surface area contributed by atoms with Crippen molar-refractivity contribution in [3.05, 3.63) is 69.4 Å². The molecule has 1 atom stereocenters. The predicted octanol–water partition coefficient (Wildman–Crippen LogP) is 4.40. The van der Waals surface area contributed by atoms with Gasteiger partial charge in [-0.3, -0.25) is 0 Å². The second kappa shape index (κ2) is 6.31. The van der Waals surface area contributed by atoms with Gasteiger partial charge in [0.2, 0.25) is 0 Å². The quantitative estimate of drug-likeness (QED) is 0.880. The third-order valence-corrected chi connectivity index (χ3v) is 4.18. The highest BCUT2D eigenvalue weighted by molar-refractivity contribution is 9.10. The minimum atomic E-state index is -0.145. The molecular formula is C16H17BrFN. The Balaban J connectivity index is 2.25. The lowest BCUT2D eigenvalue weighted by molar-refractivity contribution is 0.554. The van der Waals surface area contributed by atoms with Crippen LogP contribution in [0.4, 0.5) is 4.39 Å². The molecule has 0 fully saturated rings. The zero-order valence-corrected chi connectivity index (χ0v) is 12.7. The number of nitrogens with one attached hydrogen (secondary N) is 1. The molecular weight excluding hydrogens is 305 g/mol. The van der Waals surface area contributed by atoms with Gasteiger partial charge in [0, 0.05) is 10.5 Å². The molecule has 0 radical (unpaired) electrons. The van der Waals surface area contributed by atoms with Crippen LogP contribution in [0.2, 0.25) is 0 Å². The summed E-state index contributed by atoms with van der Waals surface area (Å²) in [4.78, 5) is 0. The van der Waals surface area contributed by atoms with Gasteiger partial charge < -0.3 is 5.32 Å². The number of likely N-dealkylation sites (N-methyl/N-ethyl adjacent to an activating group) is 1. The highest BCUT2D eigenvalue weighted by atomic mass is 79.9. The Morgan fingerprint density at radius 2 is 1.95 bits per heavy atom. The van der Waals surface area contributed by atoms with Gasteiger partial charge in [0.05, 0.1) is 0 Å². The van der Waals surface area contributed by atoms with E-state index in [1.54, 1.807) is 6.07 Å². The second-order valence-electron chi connectivity index (χ2n) is 4.65. The van der Waals surface area contributed by atoms with Crippen LogP contribution < -0.4 is 5.32 Å². The lowest BCUT2D eigenvalue weighted by atomic mass is 9.98. The first-order valence-corrected chi connectivity index (χ1v) is 7.08. The molecule has 0 saturated carbocycles. The number of hydrogen-bond acceptors (Lipinski definition) is 1. The van der Waals surface area contributed by atoms with Gasteiger partial charge in [-0.15, -0.1) is 0 Å². The smallest absolute Gasteiger partial charge is 0.126 e. The second-order valence-corrected chi connectivity index (χ2v) is 5.50. The Kier molecular flexibility index (Phi) is 4.72. The van der Waals surface area contributed by atoms with Crippen molar-refractivity contribution in [1.82, 2.24) is 5.32 Å². The van der Waals surface area contributed by atoms with Crippen LogP contribution in [0.5, 0.6) is 0 Å². The molecule has 0 amide bonds. The Hall–Kier alpha value is -1.19. The molecule has 19 heavy (non-hydrogen) atoms. The van der Waals surface area contributed by atoms with Crippen molar-refractivity contribution in [2.75, 3.05) is 7.05 Å². The van der Waals surface area contributed by atoms with E-state index < -0.39 is 0 Å². The van der Waals surface area contributed by atoms with Crippen molar-refractivity contribution in [3.63, 3.8) is 0 Å². The molecule has 1 unspecified atom stereocenters. The number of aryl methyl sites for hydroxylation is 1. The van der Waals surface area contributed by atoms with Crippen molar-refractivity contribution in [2.24, 2.45) is 0 Å². The zero-order chi connectivity index (χ0) is 13.8. The maximum Gasteiger partial charge on any atom is 0.126 e. The summed E-state index contributed by atoms with van der Waals surface area (Å²) in [5.41, 5.74) is 3.09. The van der Waals surface area contributed by atoms with Crippen molar-refractivity contribution in [3.8, 4) is 0 Å². The van der Waals surface area contributed by atoms with Crippen LogP contribution in [0.3, 0.4) is 0 Å². The van der Waals surface area contributed by atoms with Gasteiger partial charge >= 0.3 is 0 Å². The summed E-state index contributed by atoms with van der Waals surface area (Å²) < 4.78 is 14.8. The largest absolute Gasteiger partial charge is 0.313 e. The SMILES string of the molecule is CNC(Cc1ccccc1F)c1ccc(C)c(Br)c1. The molecule has 0 saturated heterocycles. The predicted molar refractivity (Wildman–Crippen MR) is 80.8 cm³/mol. The van der Waals surface area contributed by atoms with Crippen LogP contribution in [-0.2, 0) is 6.42 Å². The average Bonchev–Trinajstić information content (AvgIpc) is 2.41. The fourth-order valence-electron chi connectivity index (χ4n) is 2.10. The summed E-state index contributed by atoms with van der Waals surface area (Å²) in [5, 5.41) is 3.25. The van der Waals surface area contributed by atoms with Crippen LogP contribution in [0.15, 0.2) is 46.9 Å². The Labute approximate surface area is 122 Å². The first kappa shape index (κ1) is 14.2. The summed E-state index contributed by atoms with van der Waals surface area (Å²) >= 11 is 3.54. The summed E-state index contributed by atoms with van der Waals surface area (Å²) in [7, 11) is 1.90. The molecule has 0 aliphatic rings. The van der Waals surface area contributed by atoms with Crippen LogP contribution >= 0.6 is 15.9 Å².